The Kier molecular flexibility index (Phi) is 10.6. The van der Waals surface area contributed by atoms with Crippen LogP contribution in [0.25, 0.3) is 116 Å². The van der Waals surface area contributed by atoms with Crippen molar-refractivity contribution in [2.75, 3.05) is 0 Å². The Bertz CT molecular complexity index is 4650. The maximum Gasteiger partial charge on any atom is 0.180 e. The predicted molar refractivity (Wildman–Crippen MR) is 381 cm³/mol. The van der Waals surface area contributed by atoms with Gasteiger partial charge in [0, 0.05) is 49.1 Å². The van der Waals surface area contributed by atoms with Gasteiger partial charge >= 0.3 is 0 Å². The smallest absolute Gasteiger partial charge is 0.180 e. The number of furan rings is 3. The van der Waals surface area contributed by atoms with Crippen molar-refractivity contribution in [3.8, 4) is 28.1 Å². The summed E-state index contributed by atoms with van der Waals surface area (Å²) in [5.74, 6) is 0. The summed E-state index contributed by atoms with van der Waals surface area (Å²) in [5, 5.41) is 8.29. The maximum atomic E-state index is 7.23. The number of aromatic nitrogens is 3. The molecule has 5 aromatic heterocycles. The first-order valence-corrected chi connectivity index (χ1v) is 26.1. The van der Waals surface area contributed by atoms with Crippen LogP contribution in [0, 0.1) is 0 Å². The third-order valence-electron chi connectivity index (χ3n) is 19.4. The van der Waals surface area contributed by atoms with E-state index in [2.05, 4.69) is 188 Å². The van der Waals surface area contributed by atoms with Gasteiger partial charge in [-0.25, -0.2) is 9.97 Å². The second kappa shape index (κ2) is 16.1. The Morgan fingerprint density at radius 2 is 0.740 bits per heavy atom. The van der Waals surface area contributed by atoms with Gasteiger partial charge in [-0.2, -0.15) is 0 Å². The molecule has 0 spiro atoms. The summed E-state index contributed by atoms with van der Waals surface area (Å²) in [7, 11) is 47.4. The molecule has 0 unspecified atom stereocenters. The lowest BCUT2D eigenvalue weighted by Crippen LogP contribution is -2.48. The Balaban J connectivity index is 1.14. The topological polar surface area (TPSA) is 70.1 Å². The minimum absolute atomic E-state index is 0.686. The van der Waals surface area contributed by atoms with E-state index in [4.69, 9.17) is 23.2 Å². The minimum atomic E-state index is 0.686. The van der Waals surface area contributed by atoms with Gasteiger partial charge in [0.25, 0.3) is 0 Å². The van der Waals surface area contributed by atoms with Crippen LogP contribution in [0.4, 0.5) is 0 Å². The van der Waals surface area contributed by atoms with Crippen LogP contribution in [0.3, 0.4) is 0 Å². The van der Waals surface area contributed by atoms with Crippen molar-refractivity contribution in [1.82, 2.24) is 14.5 Å². The molecule has 73 heavy (non-hydrogen) atoms. The summed E-state index contributed by atoms with van der Waals surface area (Å²) in [6, 6.07) is 6.64. The second-order valence-electron chi connectivity index (χ2n) is 22.2. The summed E-state index contributed by atoms with van der Waals surface area (Å²) in [5.41, 5.74) is 40.3. The third kappa shape index (κ3) is 6.00. The molecule has 0 aliphatic heterocycles. The van der Waals surface area contributed by atoms with Gasteiger partial charge in [-0.15, -0.1) is 21.9 Å². The number of benzene rings is 7. The van der Waals surface area contributed by atoms with Crippen molar-refractivity contribution in [3.05, 3.63) is 24.5 Å². The van der Waals surface area contributed by atoms with E-state index in [-0.39, 0.29) is 0 Å². The lowest BCUT2D eigenvalue weighted by Gasteiger charge is -2.24. The quantitative estimate of drug-likeness (QED) is 0.165. The van der Waals surface area contributed by atoms with Gasteiger partial charge in [-0.1, -0.05) is 92.9 Å². The number of nitrogens with zero attached hydrogens (tertiary/aromatic N) is 3. The number of hydrogen-bond acceptors (Lipinski definition) is 5. The number of hydrogen-bond donors (Lipinski definition) is 0. The van der Waals surface area contributed by atoms with Gasteiger partial charge in [-0.05, 0) is 29.3 Å². The second-order valence-corrected chi connectivity index (χ2v) is 22.2. The third-order valence-corrected chi connectivity index (χ3v) is 19.4. The molecule has 0 aliphatic rings. The van der Waals surface area contributed by atoms with E-state index in [9.17, 15) is 0 Å². The van der Waals surface area contributed by atoms with Gasteiger partial charge in [0.1, 0.15) is 210 Å². The fourth-order valence-electron chi connectivity index (χ4n) is 13.5. The van der Waals surface area contributed by atoms with Gasteiger partial charge in [-0.3, -0.25) is 0 Å². The summed E-state index contributed by atoms with van der Waals surface area (Å²) < 4.78 is 23.9. The molecule has 0 radical (unpaired) electrons. The van der Waals surface area contributed by atoms with Crippen LogP contribution < -0.4 is 115 Å². The Labute approximate surface area is 444 Å². The van der Waals surface area contributed by atoms with Crippen molar-refractivity contribution in [1.29, 1.82) is 0 Å². The molecule has 5 heterocycles. The highest BCUT2D eigenvalue weighted by molar-refractivity contribution is 6.73. The van der Waals surface area contributed by atoms with E-state index < -0.39 is 0 Å². The number of fused-ring (bicyclic) bond motifs is 13. The van der Waals surface area contributed by atoms with Gasteiger partial charge < -0.3 is 17.8 Å². The lowest BCUT2D eigenvalue weighted by atomic mass is 9.60. The SMILES string of the molecule is Bc1c(B)c(-c2ncnc3c2oc2ccc(-n4c5c(B)c(B)c(B)c(B)c5c5c6oc7c(B)c(B)c(B)c(B)c7c6c(B)c(B)c54)cc23)c(B)c(-c2c(B)c(B)c(B)c3c2oc2c(B)c(B)c(B)c(B)c23)c1B. The highest BCUT2D eigenvalue weighted by Gasteiger charge is 2.30. The summed E-state index contributed by atoms with van der Waals surface area (Å²) in [6.07, 6.45) is 1.72. The Hall–Kier alpha value is -5.82. The average molecular weight is 916 g/mol. The largest absolute Gasteiger partial charge is 0.456 e. The van der Waals surface area contributed by atoms with Crippen molar-refractivity contribution >= 4 is 367 Å². The first-order chi connectivity index (χ1) is 34.5. The molecule has 0 saturated heterocycles. The van der Waals surface area contributed by atoms with Crippen LogP contribution in [0.5, 0.6) is 0 Å². The summed E-state index contributed by atoms with van der Waals surface area (Å²) >= 11 is 0. The fourth-order valence-corrected chi connectivity index (χ4v) is 13.5. The van der Waals surface area contributed by atoms with E-state index in [1.807, 2.05) is 0 Å². The molecule has 0 atom stereocenters. The molecule has 7 aromatic carbocycles. The zero-order valence-electron chi connectivity index (χ0n) is 46.9. The lowest BCUT2D eigenvalue weighted by molar-refractivity contribution is 0.667. The zero-order valence-corrected chi connectivity index (χ0v) is 46.9. The first-order valence-electron chi connectivity index (χ1n) is 26.1. The van der Waals surface area contributed by atoms with Crippen LogP contribution in [-0.2, 0) is 0 Å². The van der Waals surface area contributed by atoms with Crippen molar-refractivity contribution in [3.63, 3.8) is 0 Å². The normalized spacial score (nSPS) is 12.2. The molecule has 27 heteroatoms. The molecule has 12 rings (SSSR count). The van der Waals surface area contributed by atoms with Crippen molar-refractivity contribution in [2.45, 2.75) is 0 Å². The average Bonchev–Trinajstić information content (AvgIpc) is 4.18. The molecule has 0 aliphatic carbocycles. The van der Waals surface area contributed by atoms with Gasteiger partial charge in [0.05, 0.1) is 10.9 Å². The van der Waals surface area contributed by atoms with Crippen LogP contribution in [0.15, 0.2) is 37.8 Å². The molecule has 0 N–H and O–H groups in total. The molecule has 0 amide bonds. The first kappa shape index (κ1) is 48.1. The van der Waals surface area contributed by atoms with Crippen LogP contribution in [-0.4, -0.2) is 179 Å². The number of rotatable bonds is 3. The molecule has 0 saturated carbocycles. The molecular formula is C46H46B21N3O3. The maximum absolute atomic E-state index is 7.23. The fraction of sp³-hybridized carbons (Fsp3) is 0. The Morgan fingerprint density at radius 3 is 1.34 bits per heavy atom. The highest BCUT2D eigenvalue weighted by atomic mass is 16.3. The van der Waals surface area contributed by atoms with Crippen molar-refractivity contribution < 1.29 is 13.3 Å². The van der Waals surface area contributed by atoms with Crippen LogP contribution in [0.1, 0.15) is 0 Å². The minimum Gasteiger partial charge on any atom is -0.456 e. The van der Waals surface area contributed by atoms with Gasteiger partial charge in [0.2, 0.25) is 0 Å². The monoisotopic (exact) mass is 920 g/mol. The summed E-state index contributed by atoms with van der Waals surface area (Å²) in [4.78, 5) is 10.2. The molecular weight excluding hydrogens is 870 g/mol. The predicted octanol–water partition coefficient (Wildman–Crippen LogP) is -24.0. The molecule has 0 fully saturated rings. The van der Waals surface area contributed by atoms with Gasteiger partial charge in [0.15, 0.2) is 5.58 Å². The van der Waals surface area contributed by atoms with E-state index in [1.54, 1.807) is 6.33 Å². The van der Waals surface area contributed by atoms with E-state index in [1.165, 1.54) is 158 Å². The highest BCUT2D eigenvalue weighted by Crippen LogP contribution is 2.39. The standard InChI is InChI=1S/C46H46B21N3O3/c47-17-8(10-20(50)27(57)21(51)11-13-22(52)29(59)32(62)36(66)44(13)72-42(10)11)18(48)26(56)25(55)16(17)39-46-38(68-4-69-39)6-3-5(1-2-7(6)71-46)70-40-9(19(49)28(58)31(61)35(40)65)15-41(70)34(64)24(54)12-14-23(53)30(60)33(63)37(67)45(14)73-43(12)15/h1-4H,47-67H2. The molecule has 326 valence electrons. The van der Waals surface area contributed by atoms with E-state index in [0.717, 1.165) is 66.8 Å². The van der Waals surface area contributed by atoms with Crippen LogP contribution >= 0.6 is 0 Å². The summed E-state index contributed by atoms with van der Waals surface area (Å²) in [6.45, 7) is 0. The molecule has 0 bridgehead atoms. The van der Waals surface area contributed by atoms with E-state index >= 15 is 0 Å². The van der Waals surface area contributed by atoms with Crippen LogP contribution in [0.2, 0.25) is 0 Å². The molecule has 12 aromatic rings. The van der Waals surface area contributed by atoms with Crippen molar-refractivity contribution in [2.24, 2.45) is 0 Å². The van der Waals surface area contributed by atoms with E-state index in [0.29, 0.717) is 5.58 Å². The Morgan fingerprint density at radius 1 is 0.315 bits per heavy atom. The molecule has 6 nitrogen and oxygen atoms in total. The zero-order chi connectivity index (χ0) is 52.2.